The lowest BCUT2D eigenvalue weighted by Gasteiger charge is -2.32. The van der Waals surface area contributed by atoms with Crippen LogP contribution in [0.15, 0.2) is 6.33 Å². The number of urea groups is 1. The van der Waals surface area contributed by atoms with E-state index in [0.717, 1.165) is 50.8 Å². The zero-order chi connectivity index (χ0) is 16.2. The van der Waals surface area contributed by atoms with Gasteiger partial charge in [-0.15, -0.1) is 10.2 Å². The third-order valence-electron chi connectivity index (χ3n) is 4.79. The van der Waals surface area contributed by atoms with Crippen LogP contribution in [0, 0.1) is 17.8 Å². The predicted octanol–water partition coefficient (Wildman–Crippen LogP) is 2.31. The minimum Gasteiger partial charge on any atom is -0.338 e. The number of carbonyl (C=O) groups is 1. The van der Waals surface area contributed by atoms with Gasteiger partial charge < -0.3 is 14.8 Å². The van der Waals surface area contributed by atoms with Gasteiger partial charge >= 0.3 is 6.03 Å². The van der Waals surface area contributed by atoms with Gasteiger partial charge in [-0.25, -0.2) is 4.79 Å². The summed E-state index contributed by atoms with van der Waals surface area (Å²) in [6, 6.07) is 0.0860. The number of piperidine rings is 1. The third-order valence-corrected chi connectivity index (χ3v) is 4.79. The molecule has 1 atom stereocenters. The van der Waals surface area contributed by atoms with E-state index < -0.39 is 0 Å². The van der Waals surface area contributed by atoms with Crippen molar-refractivity contribution in [3.63, 3.8) is 0 Å². The second kappa shape index (κ2) is 7.32. The minimum atomic E-state index is 0.0860. The van der Waals surface area contributed by atoms with Crippen molar-refractivity contribution in [2.45, 2.75) is 52.5 Å². The Morgan fingerprint density at radius 3 is 2.91 bits per heavy atom. The Labute approximate surface area is 138 Å². The summed E-state index contributed by atoms with van der Waals surface area (Å²) < 4.78 is 2.22. The van der Waals surface area contributed by atoms with Gasteiger partial charge in [-0.3, -0.25) is 0 Å². The van der Waals surface area contributed by atoms with Gasteiger partial charge in [0.1, 0.15) is 12.2 Å². The molecule has 0 radical (unpaired) electrons. The molecule has 2 amide bonds. The molecule has 128 valence electrons. The van der Waals surface area contributed by atoms with Crippen LogP contribution in [0.25, 0.3) is 0 Å². The Morgan fingerprint density at radius 1 is 1.35 bits per heavy atom. The minimum absolute atomic E-state index is 0.0860. The molecule has 1 aliphatic heterocycles. The fourth-order valence-corrected chi connectivity index (χ4v) is 3.25. The first-order chi connectivity index (χ1) is 11.1. The summed E-state index contributed by atoms with van der Waals surface area (Å²) in [6.45, 7) is 7.75. The maximum absolute atomic E-state index is 12.3. The average molecular weight is 319 g/mol. The van der Waals surface area contributed by atoms with Crippen molar-refractivity contribution < 1.29 is 4.79 Å². The standard InChI is InChI=1S/C17H29N5O/c1-13(2)9-18-17(23)21-7-3-4-15(11-21)8-16-20-19-12-22(16)10-14-5-6-14/h12-15H,3-11H2,1-2H3,(H,18,23). The number of amides is 2. The Morgan fingerprint density at radius 2 is 2.17 bits per heavy atom. The summed E-state index contributed by atoms with van der Waals surface area (Å²) in [6.07, 6.45) is 7.72. The van der Waals surface area contributed by atoms with Crippen LogP contribution in [0.5, 0.6) is 0 Å². The zero-order valence-corrected chi connectivity index (χ0v) is 14.4. The summed E-state index contributed by atoms with van der Waals surface area (Å²) >= 11 is 0. The first-order valence-electron chi connectivity index (χ1n) is 9.01. The molecule has 0 aromatic carbocycles. The maximum atomic E-state index is 12.3. The zero-order valence-electron chi connectivity index (χ0n) is 14.4. The molecule has 23 heavy (non-hydrogen) atoms. The molecule has 0 bridgehead atoms. The first-order valence-corrected chi connectivity index (χ1v) is 9.01. The molecule has 1 unspecified atom stereocenters. The highest BCUT2D eigenvalue weighted by atomic mass is 16.2. The van der Waals surface area contributed by atoms with E-state index in [1.165, 1.54) is 19.3 Å². The highest BCUT2D eigenvalue weighted by Gasteiger charge is 2.27. The van der Waals surface area contributed by atoms with Crippen molar-refractivity contribution in [2.24, 2.45) is 17.8 Å². The Balaban J connectivity index is 1.52. The van der Waals surface area contributed by atoms with Gasteiger partial charge in [-0.2, -0.15) is 0 Å². The lowest BCUT2D eigenvalue weighted by molar-refractivity contribution is 0.163. The van der Waals surface area contributed by atoms with Crippen LogP contribution >= 0.6 is 0 Å². The molecular formula is C17H29N5O. The lowest BCUT2D eigenvalue weighted by atomic mass is 9.94. The van der Waals surface area contributed by atoms with Gasteiger partial charge in [0.15, 0.2) is 0 Å². The average Bonchev–Trinajstić information content (AvgIpc) is 3.25. The molecule has 1 aliphatic carbocycles. The van der Waals surface area contributed by atoms with Gasteiger partial charge in [0.25, 0.3) is 0 Å². The molecule has 2 aliphatic rings. The predicted molar refractivity (Wildman–Crippen MR) is 89.0 cm³/mol. The summed E-state index contributed by atoms with van der Waals surface area (Å²) in [5.74, 6) is 2.90. The van der Waals surface area contributed by atoms with Gasteiger partial charge in [0.2, 0.25) is 0 Å². The normalized spacial score (nSPS) is 21.7. The van der Waals surface area contributed by atoms with Gasteiger partial charge in [-0.05, 0) is 43.4 Å². The largest absolute Gasteiger partial charge is 0.338 e. The molecule has 2 heterocycles. The van der Waals surface area contributed by atoms with Crippen molar-refractivity contribution in [3.8, 4) is 0 Å². The number of rotatable bonds is 6. The fourth-order valence-electron chi connectivity index (χ4n) is 3.25. The van der Waals surface area contributed by atoms with E-state index >= 15 is 0 Å². The number of nitrogens with one attached hydrogen (secondary N) is 1. The second-order valence-corrected chi connectivity index (χ2v) is 7.58. The molecule has 3 rings (SSSR count). The topological polar surface area (TPSA) is 63.1 Å². The molecule has 1 saturated carbocycles. The molecule has 0 spiro atoms. The van der Waals surface area contributed by atoms with Crippen LogP contribution < -0.4 is 5.32 Å². The van der Waals surface area contributed by atoms with Crippen molar-refractivity contribution in [1.82, 2.24) is 25.0 Å². The van der Waals surface area contributed by atoms with E-state index in [0.29, 0.717) is 11.8 Å². The molecule has 1 saturated heterocycles. The van der Waals surface area contributed by atoms with E-state index in [-0.39, 0.29) is 6.03 Å². The van der Waals surface area contributed by atoms with E-state index in [2.05, 4.69) is 33.9 Å². The quantitative estimate of drug-likeness (QED) is 0.875. The number of likely N-dealkylation sites (tertiary alicyclic amines) is 1. The number of carbonyl (C=O) groups excluding carboxylic acids is 1. The van der Waals surface area contributed by atoms with Crippen LogP contribution in [-0.2, 0) is 13.0 Å². The van der Waals surface area contributed by atoms with Crippen LogP contribution in [0.2, 0.25) is 0 Å². The van der Waals surface area contributed by atoms with E-state index in [1.807, 2.05) is 11.2 Å². The highest BCUT2D eigenvalue weighted by molar-refractivity contribution is 5.74. The van der Waals surface area contributed by atoms with Crippen molar-refractivity contribution in [2.75, 3.05) is 19.6 Å². The number of nitrogens with zero attached hydrogens (tertiary/aromatic N) is 4. The molecule has 1 aromatic heterocycles. The molecule has 1 aromatic rings. The first kappa shape index (κ1) is 16.3. The van der Waals surface area contributed by atoms with E-state index in [4.69, 9.17) is 0 Å². The molecule has 1 N–H and O–H groups in total. The van der Waals surface area contributed by atoms with E-state index in [9.17, 15) is 4.79 Å². The van der Waals surface area contributed by atoms with Crippen LogP contribution in [0.4, 0.5) is 4.79 Å². The van der Waals surface area contributed by atoms with Crippen LogP contribution in [-0.4, -0.2) is 45.3 Å². The van der Waals surface area contributed by atoms with Crippen molar-refractivity contribution in [1.29, 1.82) is 0 Å². The SMILES string of the molecule is CC(C)CNC(=O)N1CCCC(Cc2nncn2CC2CC2)C1. The molecular weight excluding hydrogens is 290 g/mol. The van der Waals surface area contributed by atoms with Crippen LogP contribution in [0.1, 0.15) is 45.4 Å². The number of hydrogen-bond donors (Lipinski definition) is 1. The van der Waals surface area contributed by atoms with Crippen molar-refractivity contribution >= 4 is 6.03 Å². The summed E-state index contributed by atoms with van der Waals surface area (Å²) in [5, 5.41) is 11.4. The highest BCUT2D eigenvalue weighted by Crippen LogP contribution is 2.31. The fraction of sp³-hybridized carbons (Fsp3) is 0.824. The Hall–Kier alpha value is -1.59. The molecule has 6 heteroatoms. The lowest BCUT2D eigenvalue weighted by Crippen LogP contribution is -2.46. The van der Waals surface area contributed by atoms with Crippen molar-refractivity contribution in [3.05, 3.63) is 12.2 Å². The second-order valence-electron chi connectivity index (χ2n) is 7.58. The third kappa shape index (κ3) is 4.69. The number of aromatic nitrogens is 3. The Bertz CT molecular complexity index is 523. The Kier molecular flexibility index (Phi) is 5.18. The maximum Gasteiger partial charge on any atom is 0.317 e. The van der Waals surface area contributed by atoms with E-state index in [1.54, 1.807) is 0 Å². The summed E-state index contributed by atoms with van der Waals surface area (Å²) in [7, 11) is 0. The van der Waals surface area contributed by atoms with Gasteiger partial charge in [-0.1, -0.05) is 13.8 Å². The monoisotopic (exact) mass is 319 g/mol. The summed E-state index contributed by atoms with van der Waals surface area (Å²) in [5.41, 5.74) is 0. The summed E-state index contributed by atoms with van der Waals surface area (Å²) in [4.78, 5) is 14.2. The molecule has 6 nitrogen and oxygen atoms in total. The van der Waals surface area contributed by atoms with Gasteiger partial charge in [0.05, 0.1) is 0 Å². The molecule has 2 fully saturated rings. The smallest absolute Gasteiger partial charge is 0.317 e. The van der Waals surface area contributed by atoms with Gasteiger partial charge in [0, 0.05) is 32.6 Å². The van der Waals surface area contributed by atoms with Crippen LogP contribution in [0.3, 0.4) is 0 Å². The number of hydrogen-bond acceptors (Lipinski definition) is 3.